The van der Waals surface area contributed by atoms with Gasteiger partial charge in [-0.3, -0.25) is 19.2 Å². The molecule has 0 fully saturated rings. The van der Waals surface area contributed by atoms with Gasteiger partial charge >= 0.3 is 6.18 Å². The van der Waals surface area contributed by atoms with Crippen molar-refractivity contribution in [2.75, 3.05) is 0 Å². The number of carbonyl (C=O) groups excluding carboxylic acids is 4. The molecule has 222 valence electrons. The van der Waals surface area contributed by atoms with Crippen LogP contribution in [0.4, 0.5) is 13.2 Å². The molecule has 0 saturated heterocycles. The Morgan fingerprint density at radius 3 is 2.07 bits per heavy atom. The van der Waals surface area contributed by atoms with Crippen LogP contribution in [0.3, 0.4) is 0 Å². The van der Waals surface area contributed by atoms with Gasteiger partial charge in [-0.2, -0.15) is 13.2 Å². The standard InChI is InChI=1S/C28H26Cl2F3N5O4/c1-15(2)22(24(39)28(31,32)33)37-27(42)23(17-6-4-3-5-7-17)38-26(41)21(11-16-8-9-19(29)20(30)10-16)36-25(40)18-12-34-14-35-13-18/h3-10,12-15,21-23H,11H2,1-2H3,(H,36,40)(H,37,42)(H,38,41)/t21-,22+,23+/m1/s1. The number of ketones is 1. The largest absolute Gasteiger partial charge is 0.452 e. The average Bonchev–Trinajstić information content (AvgIpc) is 2.95. The Labute approximate surface area is 249 Å². The number of halogens is 5. The molecule has 3 rings (SSSR count). The maximum Gasteiger partial charge on any atom is 0.452 e. The molecule has 0 saturated carbocycles. The minimum atomic E-state index is -5.19. The van der Waals surface area contributed by atoms with Gasteiger partial charge in [-0.15, -0.1) is 0 Å². The second-order valence-corrected chi connectivity index (χ2v) is 10.4. The molecular formula is C28H26Cl2F3N5O4. The lowest BCUT2D eigenvalue weighted by Crippen LogP contribution is -2.55. The summed E-state index contributed by atoms with van der Waals surface area (Å²) in [5, 5.41) is 7.68. The van der Waals surface area contributed by atoms with E-state index in [4.69, 9.17) is 23.2 Å². The molecule has 9 nitrogen and oxygen atoms in total. The number of benzene rings is 2. The zero-order valence-electron chi connectivity index (χ0n) is 22.3. The van der Waals surface area contributed by atoms with Crippen molar-refractivity contribution >= 4 is 46.7 Å². The first-order valence-corrected chi connectivity index (χ1v) is 13.3. The van der Waals surface area contributed by atoms with Crippen LogP contribution in [-0.4, -0.2) is 51.7 Å². The van der Waals surface area contributed by atoms with Crippen molar-refractivity contribution in [1.29, 1.82) is 0 Å². The maximum absolute atomic E-state index is 13.6. The van der Waals surface area contributed by atoms with E-state index in [0.29, 0.717) is 5.56 Å². The van der Waals surface area contributed by atoms with Gasteiger partial charge in [-0.05, 0) is 29.2 Å². The number of aromatic nitrogens is 2. The van der Waals surface area contributed by atoms with E-state index in [9.17, 15) is 32.3 Å². The van der Waals surface area contributed by atoms with Crippen molar-refractivity contribution < 1.29 is 32.3 Å². The van der Waals surface area contributed by atoms with Crippen molar-refractivity contribution in [2.45, 2.75) is 44.6 Å². The molecule has 42 heavy (non-hydrogen) atoms. The van der Waals surface area contributed by atoms with Crippen LogP contribution in [0.15, 0.2) is 67.3 Å². The number of carbonyl (C=O) groups is 4. The van der Waals surface area contributed by atoms with Gasteiger partial charge in [0.05, 0.1) is 21.7 Å². The third kappa shape index (κ3) is 8.73. The van der Waals surface area contributed by atoms with Gasteiger partial charge < -0.3 is 16.0 Å². The smallest absolute Gasteiger partial charge is 0.344 e. The average molecular weight is 624 g/mol. The second kappa shape index (κ2) is 14.2. The Bertz CT molecular complexity index is 1430. The summed E-state index contributed by atoms with van der Waals surface area (Å²) in [6, 6.07) is 7.60. The fourth-order valence-electron chi connectivity index (χ4n) is 3.91. The van der Waals surface area contributed by atoms with Crippen LogP contribution < -0.4 is 16.0 Å². The Morgan fingerprint density at radius 1 is 0.857 bits per heavy atom. The summed E-state index contributed by atoms with van der Waals surface area (Å²) in [4.78, 5) is 59.5. The van der Waals surface area contributed by atoms with Gasteiger partial charge in [0, 0.05) is 18.8 Å². The maximum atomic E-state index is 13.6. The molecule has 0 spiro atoms. The SMILES string of the molecule is CC(C)[C@H](NC(=O)[C@@H](NC(=O)[C@@H](Cc1ccc(Cl)c(Cl)c1)NC(=O)c1cncnc1)c1ccccc1)C(=O)C(F)(F)F. The van der Waals surface area contributed by atoms with Crippen LogP contribution in [-0.2, 0) is 20.8 Å². The minimum Gasteiger partial charge on any atom is -0.344 e. The number of nitrogens with one attached hydrogen (secondary N) is 3. The molecule has 1 heterocycles. The molecule has 3 aromatic rings. The molecule has 3 atom stereocenters. The van der Waals surface area contributed by atoms with E-state index in [2.05, 4.69) is 25.9 Å². The van der Waals surface area contributed by atoms with E-state index in [1.165, 1.54) is 56.8 Å². The van der Waals surface area contributed by atoms with Gasteiger partial charge in [-0.25, -0.2) is 9.97 Å². The summed E-state index contributed by atoms with van der Waals surface area (Å²) < 4.78 is 39.7. The van der Waals surface area contributed by atoms with E-state index in [0.717, 1.165) is 0 Å². The monoisotopic (exact) mass is 623 g/mol. The Hall–Kier alpha value is -4.03. The molecule has 2 aromatic carbocycles. The molecule has 0 aliphatic heterocycles. The Kier molecular flexibility index (Phi) is 11.0. The highest BCUT2D eigenvalue weighted by atomic mass is 35.5. The number of alkyl halides is 3. The van der Waals surface area contributed by atoms with Crippen LogP contribution in [0, 0.1) is 5.92 Å². The van der Waals surface area contributed by atoms with Crippen LogP contribution in [0.2, 0.25) is 10.0 Å². The fourth-order valence-corrected chi connectivity index (χ4v) is 4.23. The van der Waals surface area contributed by atoms with Crippen molar-refractivity contribution in [3.05, 3.63) is 94.0 Å². The third-order valence-electron chi connectivity index (χ3n) is 6.08. The normalized spacial score (nSPS) is 13.5. The van der Waals surface area contributed by atoms with Crippen LogP contribution >= 0.6 is 23.2 Å². The number of amides is 3. The first kappa shape index (κ1) is 32.5. The fraction of sp³-hybridized carbons (Fsp3) is 0.286. The summed E-state index contributed by atoms with van der Waals surface area (Å²) >= 11 is 12.1. The van der Waals surface area contributed by atoms with Crippen LogP contribution in [0.25, 0.3) is 0 Å². The number of Topliss-reactive ketones (excluding diaryl/α,β-unsaturated/α-hetero) is 1. The van der Waals surface area contributed by atoms with Crippen molar-refractivity contribution in [3.8, 4) is 0 Å². The molecule has 0 unspecified atom stereocenters. The third-order valence-corrected chi connectivity index (χ3v) is 6.82. The number of rotatable bonds is 11. The van der Waals surface area contributed by atoms with E-state index >= 15 is 0 Å². The lowest BCUT2D eigenvalue weighted by molar-refractivity contribution is -0.175. The van der Waals surface area contributed by atoms with E-state index in [1.54, 1.807) is 24.3 Å². The van der Waals surface area contributed by atoms with E-state index < -0.39 is 53.7 Å². The number of nitrogens with zero attached hydrogens (tertiary/aromatic N) is 2. The van der Waals surface area contributed by atoms with Crippen molar-refractivity contribution in [2.24, 2.45) is 5.92 Å². The highest BCUT2D eigenvalue weighted by Gasteiger charge is 2.45. The van der Waals surface area contributed by atoms with Crippen molar-refractivity contribution in [1.82, 2.24) is 25.9 Å². The van der Waals surface area contributed by atoms with E-state index in [-0.39, 0.29) is 27.6 Å². The van der Waals surface area contributed by atoms with Crippen LogP contribution in [0.1, 0.15) is 41.4 Å². The van der Waals surface area contributed by atoms with Gasteiger partial charge in [0.2, 0.25) is 11.8 Å². The first-order chi connectivity index (χ1) is 19.8. The number of hydrogen-bond acceptors (Lipinski definition) is 6. The molecule has 3 amide bonds. The highest BCUT2D eigenvalue weighted by molar-refractivity contribution is 6.42. The molecule has 0 aliphatic carbocycles. The summed E-state index contributed by atoms with van der Waals surface area (Å²) in [7, 11) is 0. The summed E-state index contributed by atoms with van der Waals surface area (Å²) in [5.74, 6) is -5.64. The minimum absolute atomic E-state index is 0.0484. The van der Waals surface area contributed by atoms with Crippen molar-refractivity contribution in [3.63, 3.8) is 0 Å². The lowest BCUT2D eigenvalue weighted by atomic mass is 9.97. The molecule has 1 aromatic heterocycles. The van der Waals surface area contributed by atoms with Gasteiger partial charge in [0.25, 0.3) is 11.7 Å². The predicted molar refractivity (Wildman–Crippen MR) is 149 cm³/mol. The topological polar surface area (TPSA) is 130 Å². The van der Waals surface area contributed by atoms with Gasteiger partial charge in [-0.1, -0.05) is 73.4 Å². The summed E-state index contributed by atoms with van der Waals surface area (Å²) in [6.45, 7) is 2.70. The molecule has 14 heteroatoms. The molecular weight excluding hydrogens is 598 g/mol. The Balaban J connectivity index is 1.93. The number of hydrogen-bond donors (Lipinski definition) is 3. The summed E-state index contributed by atoms with van der Waals surface area (Å²) in [6.07, 6.45) is -1.61. The molecule has 0 bridgehead atoms. The molecule has 0 radical (unpaired) electrons. The quantitative estimate of drug-likeness (QED) is 0.293. The van der Waals surface area contributed by atoms with Crippen LogP contribution in [0.5, 0.6) is 0 Å². The zero-order chi connectivity index (χ0) is 31.0. The predicted octanol–water partition coefficient (Wildman–Crippen LogP) is 4.25. The van der Waals surface area contributed by atoms with Gasteiger partial charge in [0.15, 0.2) is 0 Å². The zero-order valence-corrected chi connectivity index (χ0v) is 23.8. The molecule has 0 aliphatic rings. The van der Waals surface area contributed by atoms with E-state index in [1.807, 2.05) is 0 Å². The summed E-state index contributed by atoms with van der Waals surface area (Å²) in [5.41, 5.74) is 0.777. The van der Waals surface area contributed by atoms with Gasteiger partial charge in [0.1, 0.15) is 18.4 Å². The first-order valence-electron chi connectivity index (χ1n) is 12.5. The molecule has 3 N–H and O–H groups in total. The second-order valence-electron chi connectivity index (χ2n) is 9.55. The lowest BCUT2D eigenvalue weighted by Gasteiger charge is -2.27. The Morgan fingerprint density at radius 2 is 1.50 bits per heavy atom. The highest BCUT2D eigenvalue weighted by Crippen LogP contribution is 2.24.